The molecule has 0 bridgehead atoms. The lowest BCUT2D eigenvalue weighted by atomic mass is 10.1. The molecule has 0 spiro atoms. The molecule has 19 heavy (non-hydrogen) atoms. The molecule has 0 aliphatic rings. The third kappa shape index (κ3) is 5.23. The normalized spacial score (nSPS) is 11.6. The summed E-state index contributed by atoms with van der Waals surface area (Å²) >= 11 is 0. The molecule has 0 aliphatic heterocycles. The van der Waals surface area contributed by atoms with Gasteiger partial charge in [-0.25, -0.2) is 5.84 Å². The molecule has 0 radical (unpaired) electrons. The van der Waals surface area contributed by atoms with Crippen molar-refractivity contribution >= 4 is 11.9 Å². The fourth-order valence-corrected chi connectivity index (χ4v) is 1.50. The lowest BCUT2D eigenvalue weighted by Crippen LogP contribution is -2.37. The first-order valence-corrected chi connectivity index (χ1v) is 6.04. The van der Waals surface area contributed by atoms with E-state index in [0.717, 1.165) is 0 Å². The monoisotopic (exact) mass is 270 g/mol. The zero-order valence-electron chi connectivity index (χ0n) is 12.0. The van der Waals surface area contributed by atoms with Crippen LogP contribution in [-0.4, -0.2) is 45.4 Å². The summed E-state index contributed by atoms with van der Waals surface area (Å²) in [5.41, 5.74) is 1.50. The Morgan fingerprint density at radius 3 is 2.47 bits per heavy atom. The Labute approximate surface area is 113 Å². The summed E-state index contributed by atoms with van der Waals surface area (Å²) in [6.07, 6.45) is -0.0551. The maximum atomic E-state index is 9.81. The molecule has 0 aliphatic carbocycles. The predicted octanol–water partition coefficient (Wildman–Crippen LogP) is 0.152. The minimum atomic E-state index is -0.864. The van der Waals surface area contributed by atoms with Crippen LogP contribution >= 0.6 is 0 Å². The Balaban J connectivity index is 2.99. The van der Waals surface area contributed by atoms with Crippen LogP contribution in [0, 0.1) is 0 Å². The molecule has 1 aromatic heterocycles. The van der Waals surface area contributed by atoms with Crippen molar-refractivity contribution in [2.45, 2.75) is 39.4 Å². The van der Waals surface area contributed by atoms with Gasteiger partial charge in [0.2, 0.25) is 11.9 Å². The number of ether oxygens (including phenoxy) is 1. The van der Waals surface area contributed by atoms with Gasteiger partial charge in [-0.2, -0.15) is 15.0 Å². The molecule has 108 valence electrons. The molecule has 0 amide bonds. The molecular weight excluding hydrogens is 248 g/mol. The predicted molar refractivity (Wildman–Crippen MR) is 73.0 cm³/mol. The van der Waals surface area contributed by atoms with Crippen LogP contribution in [0.25, 0.3) is 0 Å². The van der Waals surface area contributed by atoms with Gasteiger partial charge >= 0.3 is 6.01 Å². The summed E-state index contributed by atoms with van der Waals surface area (Å²) in [7, 11) is 1.77. The average molecular weight is 270 g/mol. The van der Waals surface area contributed by atoms with Crippen molar-refractivity contribution in [3.05, 3.63) is 0 Å². The quantitative estimate of drug-likeness (QED) is 0.495. The van der Waals surface area contributed by atoms with Crippen LogP contribution in [0.2, 0.25) is 0 Å². The van der Waals surface area contributed by atoms with Crippen molar-refractivity contribution in [3.8, 4) is 6.01 Å². The van der Waals surface area contributed by atoms with Gasteiger partial charge in [0, 0.05) is 13.6 Å². The number of aromatic nitrogens is 3. The Morgan fingerprint density at radius 1 is 1.37 bits per heavy atom. The van der Waals surface area contributed by atoms with E-state index < -0.39 is 5.60 Å². The van der Waals surface area contributed by atoms with E-state index in [1.54, 1.807) is 25.8 Å². The molecule has 0 saturated carbocycles. The average Bonchev–Trinajstić information content (AvgIpc) is 2.25. The van der Waals surface area contributed by atoms with Gasteiger partial charge in [0.25, 0.3) is 0 Å². The number of nitrogens with one attached hydrogen (secondary N) is 1. The molecule has 0 saturated heterocycles. The number of anilines is 2. The van der Waals surface area contributed by atoms with Gasteiger partial charge in [-0.1, -0.05) is 0 Å². The van der Waals surface area contributed by atoms with Gasteiger partial charge < -0.3 is 14.7 Å². The van der Waals surface area contributed by atoms with Gasteiger partial charge in [-0.3, -0.25) is 5.43 Å². The Morgan fingerprint density at radius 2 is 2.00 bits per heavy atom. The van der Waals surface area contributed by atoms with Crippen molar-refractivity contribution in [1.29, 1.82) is 0 Å². The third-order valence-corrected chi connectivity index (χ3v) is 2.04. The second-order valence-electron chi connectivity index (χ2n) is 5.22. The van der Waals surface area contributed by atoms with Crippen LogP contribution < -0.4 is 20.9 Å². The molecule has 0 aromatic carbocycles. The van der Waals surface area contributed by atoms with Crippen molar-refractivity contribution < 1.29 is 9.84 Å². The largest absolute Gasteiger partial charge is 0.461 e. The second-order valence-corrected chi connectivity index (χ2v) is 5.22. The Kier molecular flexibility index (Phi) is 4.84. The summed E-state index contributed by atoms with van der Waals surface area (Å²) in [4.78, 5) is 14.0. The van der Waals surface area contributed by atoms with Crippen LogP contribution in [0.4, 0.5) is 11.9 Å². The van der Waals surface area contributed by atoms with Gasteiger partial charge in [0.05, 0.1) is 11.7 Å². The molecule has 1 rings (SSSR count). The Bertz CT molecular complexity index is 418. The topological polar surface area (TPSA) is 109 Å². The molecule has 0 unspecified atom stereocenters. The number of hydrogen-bond donors (Lipinski definition) is 3. The maximum absolute atomic E-state index is 9.81. The first kappa shape index (κ1) is 15.4. The smallest absolute Gasteiger partial charge is 0.323 e. The summed E-state index contributed by atoms with van der Waals surface area (Å²) in [5, 5.41) is 9.81. The van der Waals surface area contributed by atoms with E-state index >= 15 is 0 Å². The zero-order chi connectivity index (χ0) is 14.6. The zero-order valence-corrected chi connectivity index (χ0v) is 12.0. The van der Waals surface area contributed by atoms with Crippen molar-refractivity contribution in [1.82, 2.24) is 15.0 Å². The number of nitrogen functional groups attached to an aromatic ring is 1. The summed E-state index contributed by atoms with van der Waals surface area (Å²) in [6, 6.07) is 0.190. The fraction of sp³-hybridized carbons (Fsp3) is 0.727. The van der Waals surface area contributed by atoms with Crippen molar-refractivity contribution in [2.75, 3.05) is 23.9 Å². The summed E-state index contributed by atoms with van der Waals surface area (Å²) in [6.45, 7) is 7.53. The molecule has 1 heterocycles. The minimum absolute atomic E-state index is 0.0551. The van der Waals surface area contributed by atoms with Crippen molar-refractivity contribution in [3.63, 3.8) is 0 Å². The number of aliphatic hydroxyl groups is 1. The maximum Gasteiger partial charge on any atom is 0.323 e. The second kappa shape index (κ2) is 5.98. The highest BCUT2D eigenvalue weighted by Crippen LogP contribution is 2.16. The summed E-state index contributed by atoms with van der Waals surface area (Å²) in [5.74, 6) is 5.91. The Hall–Kier alpha value is -1.67. The van der Waals surface area contributed by atoms with Crippen LogP contribution in [0.5, 0.6) is 6.01 Å². The van der Waals surface area contributed by atoms with Crippen LogP contribution in [0.3, 0.4) is 0 Å². The van der Waals surface area contributed by atoms with Gasteiger partial charge in [0.15, 0.2) is 0 Å². The molecule has 4 N–H and O–H groups in total. The van der Waals surface area contributed by atoms with E-state index in [4.69, 9.17) is 10.6 Å². The molecule has 0 atom stereocenters. The van der Waals surface area contributed by atoms with Crippen molar-refractivity contribution in [2.24, 2.45) is 5.84 Å². The fourth-order valence-electron chi connectivity index (χ4n) is 1.50. The van der Waals surface area contributed by atoms with E-state index in [2.05, 4.69) is 20.4 Å². The van der Waals surface area contributed by atoms with E-state index in [1.807, 2.05) is 13.8 Å². The minimum Gasteiger partial charge on any atom is -0.461 e. The number of hydrazine groups is 1. The van der Waals surface area contributed by atoms with Gasteiger partial charge in [-0.15, -0.1) is 0 Å². The number of rotatable bonds is 6. The number of likely N-dealkylation sites (N-methyl/N-ethyl adjacent to an activating group) is 1. The highest BCUT2D eigenvalue weighted by Gasteiger charge is 2.19. The first-order chi connectivity index (χ1) is 8.71. The van der Waals surface area contributed by atoms with E-state index in [0.29, 0.717) is 12.5 Å². The summed E-state index contributed by atoms with van der Waals surface area (Å²) < 4.78 is 5.43. The van der Waals surface area contributed by atoms with Crippen LogP contribution in [0.15, 0.2) is 0 Å². The lowest BCUT2D eigenvalue weighted by molar-refractivity contribution is 0.0882. The van der Waals surface area contributed by atoms with E-state index in [9.17, 15) is 5.11 Å². The molecule has 8 nitrogen and oxygen atoms in total. The standard InChI is InChI=1S/C11H22N6O2/c1-7(2)19-10-14-8(16-12)13-9(15-10)17(5)6-11(3,4)18/h7,18H,6,12H2,1-5H3,(H,13,14,15,16). The van der Waals surface area contributed by atoms with Crippen LogP contribution in [-0.2, 0) is 0 Å². The first-order valence-electron chi connectivity index (χ1n) is 6.04. The molecule has 8 heteroatoms. The van der Waals surface area contributed by atoms with Gasteiger partial charge in [0.1, 0.15) is 0 Å². The van der Waals surface area contributed by atoms with Gasteiger partial charge in [-0.05, 0) is 27.7 Å². The number of nitrogens with zero attached hydrogens (tertiary/aromatic N) is 4. The molecule has 1 aromatic rings. The highest BCUT2D eigenvalue weighted by atomic mass is 16.5. The molecule has 0 fully saturated rings. The lowest BCUT2D eigenvalue weighted by Gasteiger charge is -2.25. The third-order valence-electron chi connectivity index (χ3n) is 2.04. The van der Waals surface area contributed by atoms with E-state index in [1.165, 1.54) is 0 Å². The van der Waals surface area contributed by atoms with Crippen LogP contribution in [0.1, 0.15) is 27.7 Å². The van der Waals surface area contributed by atoms with E-state index in [-0.39, 0.29) is 18.1 Å². The number of nitrogens with two attached hydrogens (primary N) is 1. The SMILES string of the molecule is CC(C)Oc1nc(NN)nc(N(C)CC(C)(C)O)n1. The number of hydrogen-bond acceptors (Lipinski definition) is 8. The molecular formula is C11H22N6O2. The highest BCUT2D eigenvalue weighted by molar-refractivity contribution is 5.37.